The Labute approximate surface area is 89.6 Å². The average Bonchev–Trinajstić information content (AvgIpc) is 2.23. The molecule has 0 amide bonds. The molecular formula is C11H7BrO2. The van der Waals surface area contributed by atoms with Crippen LogP contribution in [-0.2, 0) is 4.79 Å². The maximum Gasteiger partial charge on any atom is 0.298 e. The monoisotopic (exact) mass is 250 g/mol. The summed E-state index contributed by atoms with van der Waals surface area (Å²) in [4.78, 5) is 10.2. The Hall–Kier alpha value is -1.35. The molecule has 0 saturated carbocycles. The van der Waals surface area contributed by atoms with Crippen LogP contribution in [-0.4, -0.2) is 6.47 Å². The number of hydrogen-bond donors (Lipinski definition) is 0. The highest BCUT2D eigenvalue weighted by Crippen LogP contribution is 2.32. The quantitative estimate of drug-likeness (QED) is 0.766. The fourth-order valence-corrected chi connectivity index (χ4v) is 1.94. The molecule has 3 heteroatoms. The Morgan fingerprint density at radius 2 is 1.93 bits per heavy atom. The van der Waals surface area contributed by atoms with Crippen LogP contribution in [0.25, 0.3) is 10.8 Å². The average molecular weight is 251 g/mol. The van der Waals surface area contributed by atoms with Crippen molar-refractivity contribution >= 4 is 33.2 Å². The zero-order valence-corrected chi connectivity index (χ0v) is 8.82. The van der Waals surface area contributed by atoms with Crippen LogP contribution in [0.4, 0.5) is 0 Å². The third-order valence-corrected chi connectivity index (χ3v) is 2.82. The smallest absolute Gasteiger partial charge is 0.298 e. The van der Waals surface area contributed by atoms with Gasteiger partial charge in [0.05, 0.1) is 4.47 Å². The van der Waals surface area contributed by atoms with Crippen molar-refractivity contribution in [3.63, 3.8) is 0 Å². The van der Waals surface area contributed by atoms with Crippen LogP contribution in [0.5, 0.6) is 5.75 Å². The Bertz CT molecular complexity index is 480. The molecule has 0 N–H and O–H groups in total. The summed E-state index contributed by atoms with van der Waals surface area (Å²) in [5.41, 5.74) is 0. The molecule has 0 bridgehead atoms. The lowest BCUT2D eigenvalue weighted by atomic mass is 10.1. The van der Waals surface area contributed by atoms with Crippen LogP contribution in [0.3, 0.4) is 0 Å². The summed E-state index contributed by atoms with van der Waals surface area (Å²) in [6.45, 7) is 0.425. The van der Waals surface area contributed by atoms with Gasteiger partial charge in [0.2, 0.25) is 0 Å². The molecule has 0 aliphatic carbocycles. The molecule has 2 nitrogen and oxygen atoms in total. The molecule has 0 fully saturated rings. The van der Waals surface area contributed by atoms with Gasteiger partial charge in [-0.05, 0) is 32.8 Å². The molecule has 0 aliphatic heterocycles. The van der Waals surface area contributed by atoms with Crippen molar-refractivity contribution in [3.8, 4) is 5.75 Å². The molecular weight excluding hydrogens is 244 g/mol. The van der Waals surface area contributed by atoms with E-state index < -0.39 is 0 Å². The first kappa shape index (κ1) is 9.21. The van der Waals surface area contributed by atoms with E-state index >= 15 is 0 Å². The molecule has 0 saturated heterocycles. The fourth-order valence-electron chi connectivity index (χ4n) is 1.36. The molecule has 0 heterocycles. The van der Waals surface area contributed by atoms with E-state index in [4.69, 9.17) is 4.74 Å². The Kier molecular flexibility index (Phi) is 2.50. The van der Waals surface area contributed by atoms with E-state index in [2.05, 4.69) is 15.9 Å². The van der Waals surface area contributed by atoms with E-state index in [-0.39, 0.29) is 0 Å². The first-order valence-electron chi connectivity index (χ1n) is 4.10. The van der Waals surface area contributed by atoms with Gasteiger partial charge in [-0.2, -0.15) is 0 Å². The summed E-state index contributed by atoms with van der Waals surface area (Å²) in [6.07, 6.45) is 0. The molecule has 0 unspecified atom stereocenters. The standard InChI is InChI=1S/C11H7BrO2/c12-11-9-4-2-1-3-8(9)5-6-10(11)14-7-13/h1-7H. The SMILES string of the molecule is O=COc1ccc2ccccc2c1Br. The van der Waals surface area contributed by atoms with Gasteiger partial charge in [0, 0.05) is 0 Å². The van der Waals surface area contributed by atoms with Gasteiger partial charge in [-0.15, -0.1) is 0 Å². The van der Waals surface area contributed by atoms with Gasteiger partial charge in [0.15, 0.2) is 0 Å². The van der Waals surface area contributed by atoms with Crippen molar-refractivity contribution in [3.05, 3.63) is 40.9 Å². The van der Waals surface area contributed by atoms with Crippen LogP contribution in [0.2, 0.25) is 0 Å². The summed E-state index contributed by atoms with van der Waals surface area (Å²) in [5, 5.41) is 2.14. The highest BCUT2D eigenvalue weighted by Gasteiger charge is 2.04. The minimum Gasteiger partial charge on any atom is -0.428 e. The van der Waals surface area contributed by atoms with Gasteiger partial charge < -0.3 is 4.74 Å². The normalized spacial score (nSPS) is 10.1. The summed E-state index contributed by atoms with van der Waals surface area (Å²) < 4.78 is 5.63. The number of carbonyl (C=O) groups excluding carboxylic acids is 1. The van der Waals surface area contributed by atoms with E-state index in [0.29, 0.717) is 12.2 Å². The van der Waals surface area contributed by atoms with Gasteiger partial charge in [-0.1, -0.05) is 30.3 Å². The second-order valence-electron chi connectivity index (χ2n) is 2.81. The largest absolute Gasteiger partial charge is 0.428 e. The number of carbonyl (C=O) groups is 1. The molecule has 14 heavy (non-hydrogen) atoms. The lowest BCUT2D eigenvalue weighted by molar-refractivity contribution is -0.120. The predicted molar refractivity (Wildman–Crippen MR) is 58.3 cm³/mol. The number of ether oxygens (including phenoxy) is 1. The summed E-state index contributed by atoms with van der Waals surface area (Å²) >= 11 is 3.40. The van der Waals surface area contributed by atoms with Crippen molar-refractivity contribution in [2.45, 2.75) is 0 Å². The minimum absolute atomic E-state index is 0.425. The molecule has 0 aliphatic rings. The number of hydrogen-bond acceptors (Lipinski definition) is 2. The van der Waals surface area contributed by atoms with Gasteiger partial charge >= 0.3 is 0 Å². The van der Waals surface area contributed by atoms with Crippen LogP contribution < -0.4 is 4.74 Å². The second kappa shape index (κ2) is 3.80. The highest BCUT2D eigenvalue weighted by molar-refractivity contribution is 9.10. The first-order chi connectivity index (χ1) is 6.83. The number of fused-ring (bicyclic) bond motifs is 1. The third kappa shape index (κ3) is 1.51. The number of benzene rings is 2. The minimum atomic E-state index is 0.425. The van der Waals surface area contributed by atoms with Crippen LogP contribution in [0, 0.1) is 0 Å². The summed E-state index contributed by atoms with van der Waals surface area (Å²) in [7, 11) is 0. The Morgan fingerprint density at radius 1 is 1.14 bits per heavy atom. The molecule has 2 rings (SSSR count). The van der Waals surface area contributed by atoms with Gasteiger partial charge in [-0.25, -0.2) is 0 Å². The van der Waals surface area contributed by atoms with Crippen LogP contribution in [0.1, 0.15) is 0 Å². The van der Waals surface area contributed by atoms with E-state index in [0.717, 1.165) is 15.2 Å². The van der Waals surface area contributed by atoms with Gasteiger partial charge in [0.1, 0.15) is 5.75 Å². The number of rotatable bonds is 2. The highest BCUT2D eigenvalue weighted by atomic mass is 79.9. The summed E-state index contributed by atoms with van der Waals surface area (Å²) in [6, 6.07) is 11.6. The Balaban J connectivity index is 2.68. The maximum atomic E-state index is 10.2. The molecule has 0 atom stereocenters. The zero-order chi connectivity index (χ0) is 9.97. The maximum absolute atomic E-state index is 10.2. The molecule has 0 radical (unpaired) electrons. The number of halogens is 1. The van der Waals surface area contributed by atoms with Crippen molar-refractivity contribution in [1.29, 1.82) is 0 Å². The molecule has 70 valence electrons. The molecule has 0 aromatic heterocycles. The summed E-state index contributed by atoms with van der Waals surface area (Å²) in [5.74, 6) is 0.540. The van der Waals surface area contributed by atoms with Crippen molar-refractivity contribution in [2.24, 2.45) is 0 Å². The zero-order valence-electron chi connectivity index (χ0n) is 7.24. The predicted octanol–water partition coefficient (Wildman–Crippen LogP) is 3.14. The lowest BCUT2D eigenvalue weighted by Gasteiger charge is -2.04. The second-order valence-corrected chi connectivity index (χ2v) is 3.61. The van der Waals surface area contributed by atoms with E-state index in [9.17, 15) is 4.79 Å². The Morgan fingerprint density at radius 3 is 2.71 bits per heavy atom. The topological polar surface area (TPSA) is 26.3 Å². The van der Waals surface area contributed by atoms with E-state index in [1.165, 1.54) is 0 Å². The molecule has 0 spiro atoms. The van der Waals surface area contributed by atoms with Crippen LogP contribution >= 0.6 is 15.9 Å². The molecule has 2 aromatic carbocycles. The van der Waals surface area contributed by atoms with Crippen molar-refractivity contribution in [1.82, 2.24) is 0 Å². The van der Waals surface area contributed by atoms with Crippen molar-refractivity contribution in [2.75, 3.05) is 0 Å². The van der Waals surface area contributed by atoms with Gasteiger partial charge in [-0.3, -0.25) is 4.79 Å². The van der Waals surface area contributed by atoms with Crippen LogP contribution in [0.15, 0.2) is 40.9 Å². The van der Waals surface area contributed by atoms with Crippen molar-refractivity contribution < 1.29 is 9.53 Å². The van der Waals surface area contributed by atoms with E-state index in [1.807, 2.05) is 30.3 Å². The third-order valence-electron chi connectivity index (χ3n) is 2.00. The fraction of sp³-hybridized carbons (Fsp3) is 0. The van der Waals surface area contributed by atoms with Gasteiger partial charge in [0.25, 0.3) is 6.47 Å². The lowest BCUT2D eigenvalue weighted by Crippen LogP contribution is -1.89. The van der Waals surface area contributed by atoms with E-state index in [1.54, 1.807) is 6.07 Å². The first-order valence-corrected chi connectivity index (χ1v) is 4.90. The molecule has 2 aromatic rings.